The molecule has 0 fully saturated rings. The van der Waals surface area contributed by atoms with E-state index >= 15 is 0 Å². The number of anilines is 7. The molecule has 0 aromatic carbocycles. The highest BCUT2D eigenvalue weighted by atomic mass is 16.6. The van der Waals surface area contributed by atoms with Gasteiger partial charge in [0.25, 0.3) is 47.3 Å². The van der Waals surface area contributed by atoms with Crippen molar-refractivity contribution in [1.29, 1.82) is 0 Å². The van der Waals surface area contributed by atoms with Gasteiger partial charge >= 0.3 is 0 Å². The van der Waals surface area contributed by atoms with Gasteiger partial charge in [0, 0.05) is 125 Å². The van der Waals surface area contributed by atoms with E-state index in [-0.39, 0.29) is 77.1 Å². The molecule has 0 saturated carbocycles. The van der Waals surface area contributed by atoms with E-state index in [9.17, 15) is 43.2 Å². The summed E-state index contributed by atoms with van der Waals surface area (Å²) in [6.07, 6.45) is 14.4. The fourth-order valence-electron chi connectivity index (χ4n) is 8.86. The molecular weight excluding hydrogens is 1090 g/mol. The number of carbonyl (C=O) groups is 9. The highest BCUT2D eigenvalue weighted by Gasteiger charge is 2.24. The third kappa shape index (κ3) is 13.8. The average Bonchev–Trinajstić information content (AvgIpc) is 4.51. The Balaban J connectivity index is 0.772. The lowest BCUT2D eigenvalue weighted by Crippen LogP contribution is -2.39. The average molecular weight is 1150 g/mol. The van der Waals surface area contributed by atoms with Crippen molar-refractivity contribution in [3.8, 4) is 0 Å². The number of rotatable bonds is 23. The van der Waals surface area contributed by atoms with Crippen LogP contribution in [-0.4, -0.2) is 125 Å². The van der Waals surface area contributed by atoms with E-state index in [4.69, 9.17) is 11.6 Å². The van der Waals surface area contributed by atoms with Gasteiger partial charge in [-0.2, -0.15) is 0 Å². The van der Waals surface area contributed by atoms with Crippen molar-refractivity contribution in [3.05, 3.63) is 138 Å². The van der Waals surface area contributed by atoms with Crippen LogP contribution in [0.2, 0.25) is 0 Å². The number of nitrogens with one attached hydrogen (secondary N) is 9. The number of amides is 9. The number of hydrogen-bond acceptors (Lipinski definition) is 14. The molecule has 0 aliphatic carbocycles. The summed E-state index contributed by atoms with van der Waals surface area (Å²) < 4.78 is 12.1. The lowest BCUT2D eigenvalue weighted by molar-refractivity contribution is -0.117. The summed E-state index contributed by atoms with van der Waals surface area (Å²) in [5.74, 6) is 0.528. The summed E-state index contributed by atoms with van der Waals surface area (Å²) in [6.45, 7) is 0.626. The Bertz CT molecular complexity index is 3860. The first-order chi connectivity index (χ1) is 40.0. The molecule has 84 heavy (non-hydrogen) atoms. The van der Waals surface area contributed by atoms with E-state index < -0.39 is 53.3 Å². The highest BCUT2D eigenvalue weighted by molar-refractivity contribution is 6.10. The second-order valence-electron chi connectivity index (χ2n) is 19.6. The van der Waals surface area contributed by atoms with Gasteiger partial charge < -0.3 is 95.0 Å². The summed E-state index contributed by atoms with van der Waals surface area (Å²) in [4.78, 5) is 131. The van der Waals surface area contributed by atoms with E-state index in [0.29, 0.717) is 47.1 Å². The van der Waals surface area contributed by atoms with Crippen molar-refractivity contribution >= 4 is 93.1 Å². The van der Waals surface area contributed by atoms with E-state index in [1.165, 1.54) is 77.8 Å². The maximum Gasteiger partial charge on any atom is 0.291 e. The van der Waals surface area contributed by atoms with Crippen LogP contribution in [0.15, 0.2) is 92.2 Å². The third-order valence-corrected chi connectivity index (χ3v) is 13.1. The Morgan fingerprint density at radius 3 is 1.14 bits per heavy atom. The predicted octanol–water partition coefficient (Wildman–Crippen LogP) is 1.79. The molecular formula is C53H63N21O10. The van der Waals surface area contributed by atoms with Crippen LogP contribution in [0, 0.1) is 0 Å². The first kappa shape index (κ1) is 59.3. The molecule has 0 radical (unpaired) electrons. The van der Waals surface area contributed by atoms with Crippen molar-refractivity contribution < 1.29 is 48.0 Å². The molecule has 0 aliphatic heterocycles. The molecule has 9 amide bonds. The van der Waals surface area contributed by atoms with E-state index in [1.54, 1.807) is 107 Å². The number of hydrogen-bond donors (Lipinski definition) is 11. The summed E-state index contributed by atoms with van der Waals surface area (Å²) >= 11 is 0. The van der Waals surface area contributed by atoms with Gasteiger partial charge in [-0.05, 0) is 49.2 Å². The maximum atomic E-state index is 13.4. The summed E-state index contributed by atoms with van der Waals surface area (Å²) in [5, 5.41) is 24.6. The van der Waals surface area contributed by atoms with Crippen molar-refractivity contribution in [2.75, 3.05) is 56.9 Å². The van der Waals surface area contributed by atoms with Crippen LogP contribution in [0.5, 0.6) is 0 Å². The molecule has 8 aromatic heterocycles. The molecule has 0 unspecified atom stereocenters. The van der Waals surface area contributed by atoms with Gasteiger partial charge in [0.15, 0.2) is 11.6 Å². The zero-order valence-electron chi connectivity index (χ0n) is 47.0. The van der Waals surface area contributed by atoms with Crippen LogP contribution < -0.4 is 59.5 Å². The number of aromatic nitrogens is 10. The van der Waals surface area contributed by atoms with E-state index in [1.807, 2.05) is 0 Å². The minimum atomic E-state index is -1.10. The number of aryl methyl sites for hydroxylation is 8. The van der Waals surface area contributed by atoms with Crippen LogP contribution in [-0.2, 0) is 66.0 Å². The van der Waals surface area contributed by atoms with Gasteiger partial charge in [-0.3, -0.25) is 43.2 Å². The van der Waals surface area contributed by atoms with Crippen molar-refractivity contribution in [2.45, 2.75) is 18.9 Å². The first-order valence-electron chi connectivity index (χ1n) is 25.8. The molecule has 8 rings (SSSR count). The molecule has 31 heteroatoms. The maximum absolute atomic E-state index is 13.4. The Kier molecular flexibility index (Phi) is 17.9. The van der Waals surface area contributed by atoms with Crippen LogP contribution in [0.1, 0.15) is 97.0 Å². The minimum Gasteiger partial charge on any atom is -0.351 e. The lowest BCUT2D eigenvalue weighted by Gasteiger charge is -2.11. The van der Waals surface area contributed by atoms with E-state index in [0.717, 1.165) is 0 Å². The number of nitrogens with two attached hydrogens (primary N) is 2. The van der Waals surface area contributed by atoms with Crippen LogP contribution in [0.3, 0.4) is 0 Å². The summed E-state index contributed by atoms with van der Waals surface area (Å²) in [6, 6.07) is 7.84. The van der Waals surface area contributed by atoms with Crippen molar-refractivity contribution in [2.24, 2.45) is 68.0 Å². The molecule has 8 heterocycles. The van der Waals surface area contributed by atoms with Gasteiger partial charge in [-0.25, -0.2) is 15.9 Å². The quantitative estimate of drug-likeness (QED) is 0.0322. The van der Waals surface area contributed by atoms with Crippen LogP contribution in [0.25, 0.3) is 0 Å². The predicted molar refractivity (Wildman–Crippen MR) is 307 cm³/mol. The molecule has 1 atom stereocenters. The Morgan fingerprint density at radius 1 is 0.440 bits per heavy atom. The van der Waals surface area contributed by atoms with E-state index in [2.05, 4.69) is 62.7 Å². The van der Waals surface area contributed by atoms with Crippen LogP contribution >= 0.6 is 0 Å². The Morgan fingerprint density at radius 2 is 0.786 bits per heavy atom. The second-order valence-corrected chi connectivity index (χ2v) is 19.6. The van der Waals surface area contributed by atoms with Gasteiger partial charge in [0.1, 0.15) is 34.2 Å². The number of nitrogens with zero attached hydrogens (tertiary/aromatic N) is 10. The first-order valence-corrected chi connectivity index (χ1v) is 25.8. The molecule has 440 valence electrons. The van der Waals surface area contributed by atoms with Gasteiger partial charge in [-0.15, -0.1) is 0 Å². The summed E-state index contributed by atoms with van der Waals surface area (Å²) in [5.41, 5.74) is 9.47. The largest absolute Gasteiger partial charge is 0.351 e. The Labute approximate surface area is 478 Å². The molecule has 0 saturated heterocycles. The number of imidazole rings is 2. The van der Waals surface area contributed by atoms with Crippen LogP contribution in [0.4, 0.5) is 39.9 Å². The second kappa shape index (κ2) is 25.3. The fourth-order valence-corrected chi connectivity index (χ4v) is 8.86. The normalized spacial score (nSPS) is 11.4. The highest BCUT2D eigenvalue weighted by Crippen LogP contribution is 2.23. The minimum absolute atomic E-state index is 0.00810. The molecule has 31 nitrogen and oxygen atoms in total. The molecule has 0 aliphatic rings. The summed E-state index contributed by atoms with van der Waals surface area (Å²) in [7, 11) is 13.0. The number of carbonyl (C=O) groups excluding carboxylic acids is 9. The molecule has 8 aromatic rings. The van der Waals surface area contributed by atoms with Crippen molar-refractivity contribution in [3.63, 3.8) is 0 Å². The van der Waals surface area contributed by atoms with Gasteiger partial charge in [0.05, 0.1) is 46.8 Å². The van der Waals surface area contributed by atoms with Gasteiger partial charge in [0.2, 0.25) is 11.7 Å². The van der Waals surface area contributed by atoms with Crippen molar-refractivity contribution in [1.82, 2.24) is 57.1 Å². The monoisotopic (exact) mass is 1150 g/mol. The lowest BCUT2D eigenvalue weighted by atomic mass is 10.2. The zero-order chi connectivity index (χ0) is 60.7. The SMILES string of the molecule is Cn1cc(NC(=O)c2cc(NC(=O)c3cc(NC(=O)c4nc(NC(=O)[C@H](N)CCNC(=O)c5cc(NC(=O)c6cc(NC(=O)c7cc(NC(=O)c8nccn8C)cn7C)cn6C)cn5C)cn4C)cn3C)cn2C)cc1C(=O)NCCCON. The Hall–Kier alpha value is -10.8. The molecule has 13 N–H and O–H groups in total. The molecule has 0 spiro atoms. The third-order valence-electron chi connectivity index (χ3n) is 13.1. The smallest absolute Gasteiger partial charge is 0.291 e. The molecule has 0 bridgehead atoms. The topological polar surface area (TPSA) is 388 Å². The zero-order valence-corrected chi connectivity index (χ0v) is 47.0. The standard InChI is InChI=1S/C53H63N21O10/c1-67-14-13-56-43(67)52(82)63-33-20-40(72(6)26-33)50(80)61-31-18-39(71(5)24-31)49(79)60-30-17-37(69(3)23-30)47(77)58-12-10-35(54)45(75)66-42-28-74(8)44(65-42)53(83)64-34-21-41(73(7)27-34)51(81)62-32-19-38(70(4)25-32)48(78)59-29-16-36(68(2)22-29)46(76)57-11-9-15-84-55/h13-14,16-28,35H,9-12,15,54-55H2,1-8H3,(H,57,76)(H,58,77)(H,59,78)(H,60,79)(H,61,80)(H,62,81)(H,63,82)(H,64,83)(H,66,75)/t35-/m1/s1. The fraction of sp³-hybridized carbons (Fsp3) is 0.264. The van der Waals surface area contributed by atoms with Gasteiger partial charge in [-0.1, -0.05) is 0 Å².